The smallest absolute Gasteiger partial charge is 0.226 e. The van der Waals surface area contributed by atoms with Crippen LogP contribution in [0, 0.1) is 5.92 Å². The molecule has 4 nitrogen and oxygen atoms in total. The van der Waals surface area contributed by atoms with E-state index in [-0.39, 0.29) is 5.91 Å². The van der Waals surface area contributed by atoms with Crippen LogP contribution in [0.2, 0.25) is 0 Å². The number of carbonyl (C=O) groups is 1. The Balaban J connectivity index is 1.78. The van der Waals surface area contributed by atoms with Crippen molar-refractivity contribution in [3.63, 3.8) is 0 Å². The summed E-state index contributed by atoms with van der Waals surface area (Å²) in [5.41, 5.74) is 2.62. The largest absolute Gasteiger partial charge is 0.388 e. The molecule has 0 aromatic heterocycles. The average Bonchev–Trinajstić information content (AvgIpc) is 2.83. The fraction of sp³-hybridized carbons (Fsp3) is 0.296. The molecule has 0 fully saturated rings. The Hall–Kier alpha value is -2.95. The Morgan fingerprint density at radius 2 is 1.29 bits per heavy atom. The zero-order valence-electron chi connectivity index (χ0n) is 18.1. The van der Waals surface area contributed by atoms with Gasteiger partial charge in [-0.1, -0.05) is 91.0 Å². The molecule has 0 saturated heterocycles. The Kier molecular flexibility index (Phi) is 7.99. The Bertz CT molecular complexity index is 930. The predicted octanol–water partition coefficient (Wildman–Crippen LogP) is 4.55. The summed E-state index contributed by atoms with van der Waals surface area (Å²) < 4.78 is 0. The first-order valence-electron chi connectivity index (χ1n) is 10.7. The van der Waals surface area contributed by atoms with Crippen LogP contribution in [0.1, 0.15) is 42.2 Å². The van der Waals surface area contributed by atoms with Crippen LogP contribution >= 0.6 is 0 Å². The van der Waals surface area contributed by atoms with Crippen molar-refractivity contribution in [1.82, 2.24) is 4.90 Å². The summed E-state index contributed by atoms with van der Waals surface area (Å²) >= 11 is 0. The van der Waals surface area contributed by atoms with Gasteiger partial charge in [0.1, 0.15) is 0 Å². The highest BCUT2D eigenvalue weighted by Crippen LogP contribution is 2.27. The third-order valence-corrected chi connectivity index (χ3v) is 5.92. The minimum Gasteiger partial charge on any atom is -0.388 e. The molecule has 0 aliphatic heterocycles. The molecule has 0 spiro atoms. The summed E-state index contributed by atoms with van der Waals surface area (Å²) in [4.78, 5) is 15.1. The van der Waals surface area contributed by atoms with Crippen molar-refractivity contribution in [3.05, 3.63) is 108 Å². The van der Waals surface area contributed by atoms with Crippen LogP contribution in [-0.2, 0) is 11.2 Å². The second-order valence-corrected chi connectivity index (χ2v) is 8.09. The standard InChI is InChI=1S/C27H31NO3/c1-20(26(30)23-16-10-5-11-17-23)28(2)27(31)24(18-21-12-6-3-7-13-21)19-25(29)22-14-8-4-9-15-22/h3-17,20,24-26,29-30H,18-19H2,1-2H3/t20-,24-,25+,26+/m0/s1. The number of hydrogen-bond acceptors (Lipinski definition) is 3. The first-order valence-corrected chi connectivity index (χ1v) is 10.7. The molecule has 0 aliphatic rings. The maximum Gasteiger partial charge on any atom is 0.226 e. The molecule has 3 aromatic rings. The van der Waals surface area contributed by atoms with Crippen molar-refractivity contribution in [2.24, 2.45) is 5.92 Å². The van der Waals surface area contributed by atoms with E-state index in [4.69, 9.17) is 0 Å². The lowest BCUT2D eigenvalue weighted by Gasteiger charge is -2.33. The van der Waals surface area contributed by atoms with E-state index in [0.717, 1.165) is 16.7 Å². The maximum atomic E-state index is 13.5. The second-order valence-electron chi connectivity index (χ2n) is 8.09. The topological polar surface area (TPSA) is 60.8 Å². The molecule has 3 aromatic carbocycles. The molecule has 162 valence electrons. The monoisotopic (exact) mass is 417 g/mol. The van der Waals surface area contributed by atoms with Gasteiger partial charge in [0.2, 0.25) is 5.91 Å². The van der Waals surface area contributed by atoms with Crippen molar-refractivity contribution >= 4 is 5.91 Å². The molecule has 0 aliphatic carbocycles. The van der Waals surface area contributed by atoms with Gasteiger partial charge in [-0.25, -0.2) is 0 Å². The zero-order valence-corrected chi connectivity index (χ0v) is 18.1. The molecule has 31 heavy (non-hydrogen) atoms. The fourth-order valence-electron chi connectivity index (χ4n) is 3.88. The van der Waals surface area contributed by atoms with Gasteiger partial charge in [0.05, 0.1) is 18.2 Å². The first kappa shape index (κ1) is 22.7. The summed E-state index contributed by atoms with van der Waals surface area (Å²) in [5.74, 6) is -0.491. The van der Waals surface area contributed by atoms with E-state index in [1.807, 2.05) is 97.9 Å². The van der Waals surface area contributed by atoms with Gasteiger partial charge in [-0.3, -0.25) is 4.79 Å². The predicted molar refractivity (Wildman–Crippen MR) is 123 cm³/mol. The molecule has 1 amide bonds. The number of rotatable bonds is 9. The average molecular weight is 418 g/mol. The van der Waals surface area contributed by atoms with Crippen molar-refractivity contribution < 1.29 is 15.0 Å². The van der Waals surface area contributed by atoms with Gasteiger partial charge in [-0.15, -0.1) is 0 Å². The summed E-state index contributed by atoms with van der Waals surface area (Å²) in [6.45, 7) is 1.85. The SMILES string of the molecule is C[C@@H]([C@@H](O)c1ccccc1)N(C)C(=O)[C@@H](Cc1ccccc1)C[C@@H](O)c1ccccc1. The van der Waals surface area contributed by atoms with E-state index >= 15 is 0 Å². The highest BCUT2D eigenvalue weighted by atomic mass is 16.3. The van der Waals surface area contributed by atoms with Gasteiger partial charge >= 0.3 is 0 Å². The number of benzene rings is 3. The van der Waals surface area contributed by atoms with Crippen LogP contribution in [0.4, 0.5) is 0 Å². The summed E-state index contributed by atoms with van der Waals surface area (Å²) in [7, 11) is 1.73. The minimum absolute atomic E-state index is 0.0821. The third kappa shape index (κ3) is 6.03. The van der Waals surface area contributed by atoms with Crippen LogP contribution in [0.3, 0.4) is 0 Å². The van der Waals surface area contributed by atoms with Crippen LogP contribution in [0.25, 0.3) is 0 Å². The lowest BCUT2D eigenvalue weighted by Crippen LogP contribution is -2.43. The molecule has 0 heterocycles. The van der Waals surface area contributed by atoms with Crippen molar-refractivity contribution in [3.8, 4) is 0 Å². The number of aliphatic hydroxyl groups excluding tert-OH is 2. The molecule has 0 radical (unpaired) electrons. The summed E-state index contributed by atoms with van der Waals surface area (Å²) in [5, 5.41) is 21.6. The Morgan fingerprint density at radius 3 is 1.84 bits per heavy atom. The van der Waals surface area contributed by atoms with E-state index in [1.54, 1.807) is 11.9 Å². The van der Waals surface area contributed by atoms with Gasteiger partial charge in [0.25, 0.3) is 0 Å². The van der Waals surface area contributed by atoms with Crippen molar-refractivity contribution in [2.75, 3.05) is 7.05 Å². The normalized spacial score (nSPS) is 15.0. The second kappa shape index (κ2) is 10.9. The lowest BCUT2D eigenvalue weighted by atomic mass is 9.89. The number of likely N-dealkylation sites (N-methyl/N-ethyl adjacent to an activating group) is 1. The van der Waals surface area contributed by atoms with Gasteiger partial charge in [-0.2, -0.15) is 0 Å². The van der Waals surface area contributed by atoms with Crippen LogP contribution in [0.15, 0.2) is 91.0 Å². The van der Waals surface area contributed by atoms with Crippen molar-refractivity contribution in [2.45, 2.75) is 38.0 Å². The van der Waals surface area contributed by atoms with E-state index < -0.39 is 24.2 Å². The van der Waals surface area contributed by atoms with Gasteiger partial charge in [-0.05, 0) is 36.5 Å². The number of amides is 1. The summed E-state index contributed by atoms with van der Waals surface area (Å²) in [6, 6.07) is 28.3. The van der Waals surface area contributed by atoms with Gasteiger partial charge < -0.3 is 15.1 Å². The molecule has 0 saturated carbocycles. The maximum absolute atomic E-state index is 13.5. The number of nitrogens with zero attached hydrogens (tertiary/aromatic N) is 1. The number of carbonyl (C=O) groups excluding carboxylic acids is 1. The first-order chi connectivity index (χ1) is 15.0. The quantitative estimate of drug-likeness (QED) is 0.537. The van der Waals surface area contributed by atoms with Crippen LogP contribution in [-0.4, -0.2) is 34.1 Å². The van der Waals surface area contributed by atoms with E-state index in [9.17, 15) is 15.0 Å². The third-order valence-electron chi connectivity index (χ3n) is 5.92. The number of aliphatic hydroxyl groups is 2. The van der Waals surface area contributed by atoms with Gasteiger partial charge in [0.15, 0.2) is 0 Å². The highest BCUT2D eigenvalue weighted by molar-refractivity contribution is 5.79. The zero-order chi connectivity index (χ0) is 22.2. The van der Waals surface area contributed by atoms with Crippen LogP contribution in [0.5, 0.6) is 0 Å². The number of hydrogen-bond donors (Lipinski definition) is 2. The molecule has 4 heteroatoms. The molecule has 0 unspecified atom stereocenters. The lowest BCUT2D eigenvalue weighted by molar-refractivity contribution is -0.139. The van der Waals surface area contributed by atoms with E-state index in [1.165, 1.54) is 0 Å². The Morgan fingerprint density at radius 1 is 0.806 bits per heavy atom. The Labute approximate surface area is 184 Å². The molecular formula is C27H31NO3. The fourth-order valence-corrected chi connectivity index (χ4v) is 3.88. The molecule has 2 N–H and O–H groups in total. The van der Waals surface area contributed by atoms with Crippen LogP contribution < -0.4 is 0 Å². The van der Waals surface area contributed by atoms with Crippen molar-refractivity contribution in [1.29, 1.82) is 0 Å². The van der Waals surface area contributed by atoms with E-state index in [2.05, 4.69) is 0 Å². The molecule has 4 atom stereocenters. The molecular weight excluding hydrogens is 386 g/mol. The molecule has 3 rings (SSSR count). The minimum atomic E-state index is -0.786. The van der Waals surface area contributed by atoms with Gasteiger partial charge in [0, 0.05) is 13.0 Å². The highest BCUT2D eigenvalue weighted by Gasteiger charge is 2.31. The molecule has 0 bridgehead atoms. The van der Waals surface area contributed by atoms with E-state index in [0.29, 0.717) is 12.8 Å². The summed E-state index contributed by atoms with van der Waals surface area (Å²) in [6.07, 6.45) is -0.675.